The summed E-state index contributed by atoms with van der Waals surface area (Å²) in [5.41, 5.74) is -6.89. The molecule has 8 aromatic rings. The Morgan fingerprint density at radius 2 is 1.06 bits per heavy atom. The number of nitrogens with zero attached hydrogens (tertiary/aromatic N) is 12. The highest BCUT2D eigenvalue weighted by atomic mass is 32.2. The zero-order valence-corrected chi connectivity index (χ0v) is 47.8. The average molecular weight is 1360 g/mol. The molecule has 1 heterocycles. The van der Waals surface area contributed by atoms with Gasteiger partial charge >= 0.3 is 11.9 Å². The minimum atomic E-state index is -5.80. The number of phenols is 2. The molecule has 46 heteroatoms. The van der Waals surface area contributed by atoms with Crippen molar-refractivity contribution < 1.29 is 118 Å². The molecule has 1 aromatic heterocycles. The van der Waals surface area contributed by atoms with Crippen LogP contribution in [0.4, 0.5) is 56.9 Å². The average Bonchev–Trinajstić information content (AvgIpc) is 0.886. The predicted octanol–water partition coefficient (Wildman–Crippen LogP) is 7.20. The van der Waals surface area contributed by atoms with Crippen molar-refractivity contribution in [3.63, 3.8) is 0 Å². The molecule has 90 heavy (non-hydrogen) atoms. The maximum Gasteiger partial charge on any atom is 0.338 e. The zero-order valence-electron chi connectivity index (χ0n) is 42.9. The van der Waals surface area contributed by atoms with Gasteiger partial charge in [0.15, 0.2) is 22.9 Å². The van der Waals surface area contributed by atoms with Crippen molar-refractivity contribution in [2.75, 3.05) is 5.73 Å². The highest BCUT2D eigenvalue weighted by molar-refractivity contribution is 7.87. The van der Waals surface area contributed by atoms with E-state index in [-0.39, 0.29) is 16.8 Å². The van der Waals surface area contributed by atoms with Crippen molar-refractivity contribution in [2.45, 2.75) is 29.4 Å². The van der Waals surface area contributed by atoms with Crippen LogP contribution >= 0.6 is 0 Å². The molecule has 7 aromatic carbocycles. The third-order valence-corrected chi connectivity index (χ3v) is 17.3. The van der Waals surface area contributed by atoms with E-state index < -0.39 is 225 Å². The van der Waals surface area contributed by atoms with Gasteiger partial charge in [-0.3, -0.25) is 37.4 Å². The fourth-order valence-corrected chi connectivity index (χ4v) is 12.0. The van der Waals surface area contributed by atoms with Crippen molar-refractivity contribution in [3.05, 3.63) is 112 Å². The van der Waals surface area contributed by atoms with Crippen molar-refractivity contribution in [3.8, 4) is 29.1 Å². The Bertz CT molecular complexity index is 5480. The highest BCUT2D eigenvalue weighted by Crippen LogP contribution is 2.50. The van der Waals surface area contributed by atoms with E-state index in [0.717, 1.165) is 24.3 Å². The molecule has 0 unspecified atom stereocenters. The molecule has 0 fully saturated rings. The molecule has 466 valence electrons. The van der Waals surface area contributed by atoms with Gasteiger partial charge in [0, 0.05) is 28.3 Å². The van der Waals surface area contributed by atoms with Gasteiger partial charge in [-0.2, -0.15) is 70.7 Å². The lowest BCUT2D eigenvalue weighted by Gasteiger charge is -2.15. The molecule has 0 aliphatic rings. The Balaban J connectivity index is 1.25. The van der Waals surface area contributed by atoms with Gasteiger partial charge in [-0.25, -0.2) is 9.59 Å². The first-order chi connectivity index (χ1) is 41.5. The van der Waals surface area contributed by atoms with Crippen molar-refractivity contribution in [1.29, 1.82) is 5.26 Å². The van der Waals surface area contributed by atoms with E-state index >= 15 is 0 Å². The third-order valence-electron chi connectivity index (χ3n) is 11.9. The monoisotopic (exact) mass is 1360 g/mol. The Hall–Kier alpha value is -10.8. The molecule has 0 bridgehead atoms. The van der Waals surface area contributed by atoms with Gasteiger partial charge in [0.25, 0.3) is 66.4 Å². The topological polar surface area (TPSA) is 671 Å². The smallest absolute Gasteiger partial charge is 0.338 e. The number of nitro groups is 1. The number of phenolic OH excluding ortho intramolecular Hbond substituents is 2. The summed E-state index contributed by atoms with van der Waals surface area (Å²) < 4.78 is 213. The molecule has 0 atom stereocenters. The van der Waals surface area contributed by atoms with E-state index in [1.165, 1.54) is 6.07 Å². The first kappa shape index (κ1) is 65.1. The van der Waals surface area contributed by atoms with Crippen molar-refractivity contribution in [2.24, 2.45) is 40.9 Å². The van der Waals surface area contributed by atoms with Crippen LogP contribution in [0.3, 0.4) is 0 Å². The van der Waals surface area contributed by atoms with Crippen LogP contribution in [-0.4, -0.2) is 130 Å². The fraction of sp³-hybridized carbons (Fsp3) is 0. The first-order valence-electron chi connectivity index (χ1n) is 22.8. The number of rotatable bonds is 18. The second-order valence-electron chi connectivity index (χ2n) is 17.5. The molecule has 0 aliphatic carbocycles. The lowest BCUT2D eigenvalue weighted by atomic mass is 10.0. The Morgan fingerprint density at radius 3 is 1.61 bits per heavy atom. The first-order valence-corrected chi connectivity index (χ1v) is 31.4. The van der Waals surface area contributed by atoms with Gasteiger partial charge in [-0.15, -0.1) is 35.8 Å². The van der Waals surface area contributed by atoms with E-state index in [2.05, 4.69) is 46.0 Å². The molecule has 0 radical (unpaired) electrons. The number of carboxylic acid groups (broad SMARTS) is 2. The molecule has 0 aliphatic heterocycles. The zero-order chi connectivity index (χ0) is 66.9. The van der Waals surface area contributed by atoms with Crippen LogP contribution in [0.25, 0.3) is 27.2 Å². The number of nitrogens with two attached hydrogens (primary N) is 1. The lowest BCUT2D eigenvalue weighted by molar-refractivity contribution is -0.384. The van der Waals surface area contributed by atoms with Crippen LogP contribution in [0.1, 0.15) is 26.4 Å². The van der Waals surface area contributed by atoms with Gasteiger partial charge < -0.3 is 31.3 Å². The van der Waals surface area contributed by atoms with E-state index in [9.17, 15) is 128 Å². The Kier molecular flexibility index (Phi) is 16.7. The van der Waals surface area contributed by atoms with E-state index in [1.807, 2.05) is 0 Å². The lowest BCUT2D eigenvalue weighted by Crippen LogP contribution is -2.09. The summed E-state index contributed by atoms with van der Waals surface area (Å²) in [6, 6.07) is 9.41. The highest BCUT2D eigenvalue weighted by Gasteiger charge is 2.32. The number of azo groups is 4. The van der Waals surface area contributed by atoms with E-state index in [1.54, 1.807) is 0 Å². The van der Waals surface area contributed by atoms with Crippen molar-refractivity contribution in [1.82, 2.24) is 9.78 Å². The SMILES string of the molecule is N#Cc1nn(-c2cc(S(=O)(=O)O)ccc2C(=O)O)c(O)c1N=Nc1cc(N=Nc2c(S(=O)(=O)O)cc3c(S(=O)(=O)O)c(N=Nc4cc(S(=O)(=O)O)c5cc(S(=O)(=O)O)c(N=Nc6ccc([N+](=O)[O-])cc6C(=O)O)c(O)c5c4N)ccc3c2O)ccc1S(=O)(=O)O. The van der Waals surface area contributed by atoms with Gasteiger partial charge in [0.05, 0.1) is 43.4 Å². The number of carbonyl (C=O) groups is 2. The number of benzene rings is 7. The molecule has 0 amide bonds. The number of fused-ring (bicyclic) bond motifs is 2. The number of hydrogen-bond acceptors (Lipinski definition) is 30. The number of aromatic nitrogens is 2. The fourth-order valence-electron chi connectivity index (χ4n) is 8.07. The molecule has 40 nitrogen and oxygen atoms in total. The van der Waals surface area contributed by atoms with Crippen LogP contribution in [0.15, 0.2) is 155 Å². The van der Waals surface area contributed by atoms with Crippen molar-refractivity contribution >= 4 is 151 Å². The summed E-state index contributed by atoms with van der Waals surface area (Å²) in [6.07, 6.45) is 0. The Morgan fingerprint density at radius 1 is 0.522 bits per heavy atom. The summed E-state index contributed by atoms with van der Waals surface area (Å²) in [4.78, 5) is 26.2. The largest absolute Gasteiger partial charge is 0.505 e. The number of nitriles is 1. The molecule has 13 N–H and O–H groups in total. The number of carboxylic acids is 2. The third kappa shape index (κ3) is 12.8. The molecular formula is C44H27N13O27S6. The van der Waals surface area contributed by atoms with Crippen LogP contribution in [-0.2, 0) is 60.7 Å². The minimum Gasteiger partial charge on any atom is -0.505 e. The minimum absolute atomic E-state index is 0.262. The quantitative estimate of drug-likeness (QED) is 0.0133. The second-order valence-corrected chi connectivity index (χ2v) is 25.8. The van der Waals surface area contributed by atoms with Gasteiger partial charge in [-0.05, 0) is 72.8 Å². The molecule has 8 rings (SSSR count). The maximum atomic E-state index is 13.2. The van der Waals surface area contributed by atoms with Gasteiger partial charge in [0.1, 0.15) is 64.7 Å². The van der Waals surface area contributed by atoms with Crippen LogP contribution in [0, 0.1) is 21.4 Å². The molecule has 0 saturated carbocycles. The normalized spacial score (nSPS) is 12.9. The molecule has 0 spiro atoms. The van der Waals surface area contributed by atoms with E-state index in [4.69, 9.17) is 5.73 Å². The number of non-ortho nitro benzene ring substituents is 1. The van der Waals surface area contributed by atoms with Gasteiger partial charge in [0.2, 0.25) is 5.88 Å². The number of nitrogen functional groups attached to an aromatic ring is 1. The summed E-state index contributed by atoms with van der Waals surface area (Å²) in [5.74, 6) is -7.78. The molecule has 0 saturated heterocycles. The maximum absolute atomic E-state index is 13.2. The van der Waals surface area contributed by atoms with Gasteiger partial charge in [-0.1, -0.05) is 0 Å². The summed E-state index contributed by atoms with van der Waals surface area (Å²) in [7, 11) is -33.2. The van der Waals surface area contributed by atoms with E-state index in [0.29, 0.717) is 48.5 Å². The van der Waals surface area contributed by atoms with Crippen LogP contribution in [0.5, 0.6) is 17.4 Å². The summed E-state index contributed by atoms with van der Waals surface area (Å²) in [5, 5.41) is 103. The summed E-state index contributed by atoms with van der Waals surface area (Å²) >= 11 is 0. The number of aromatic hydroxyl groups is 3. The number of nitro benzene ring substituents is 1. The number of aromatic carboxylic acids is 2. The Labute approximate surface area is 498 Å². The summed E-state index contributed by atoms with van der Waals surface area (Å²) in [6.45, 7) is 0. The van der Waals surface area contributed by atoms with Crippen LogP contribution < -0.4 is 5.73 Å². The van der Waals surface area contributed by atoms with Crippen LogP contribution in [0.2, 0.25) is 0 Å². The second kappa shape index (κ2) is 23.0. The standard InChI is InChI=1S/C44H27N13O27S6/c45-15-28-36(42(60)56(55-28)29-11-18(85(67,68)69)3-4-20(29)43(61)62)52-50-26-9-16(1-8-30(26)86(70,71)72)47-53-37-32(88(76,77)78)12-21-19(39(37)58)5-7-25(41(21)90(82,83)84)49-51-27-14-31(87(73,74)75)23-13-33(89(79,80)81)38(40(59)34(23)35(27)46)54-48-24-6-2-17(57(65)66)10-22(24)44(63)64/h1-14,58-60H,46H2,(H,61,62)(H,63,64)(H,67,68,69)(H,70,71,72)(H,73,74,75)(H,76,77,78)(H,79,80,81)(H,82,83,84). The number of hydrogen-bond donors (Lipinski definition) is 12. The molecular weight excluding hydrogens is 1330 g/mol. The number of anilines is 1. The predicted molar refractivity (Wildman–Crippen MR) is 295 cm³/mol.